The molecule has 1 rings (SSSR count). The van der Waals surface area contributed by atoms with Gasteiger partial charge in [0.05, 0.1) is 0 Å². The first-order chi connectivity index (χ1) is 8.33. The quantitative estimate of drug-likeness (QED) is 0.822. The molecule has 1 heterocycles. The van der Waals surface area contributed by atoms with E-state index in [-0.39, 0.29) is 18.8 Å². The number of rotatable bonds is 4. The molecule has 0 aliphatic rings. The van der Waals surface area contributed by atoms with Gasteiger partial charge in [-0.2, -0.15) is 13.2 Å². The van der Waals surface area contributed by atoms with Crippen molar-refractivity contribution in [3.63, 3.8) is 0 Å². The lowest BCUT2D eigenvalue weighted by molar-refractivity contribution is -0.140. The number of amides is 1. The smallest absolute Gasteiger partial charge is 0.329 e. The number of pyridine rings is 1. The zero-order chi connectivity index (χ0) is 13.8. The van der Waals surface area contributed by atoms with E-state index in [4.69, 9.17) is 5.73 Å². The molecule has 100 valence electrons. The summed E-state index contributed by atoms with van der Waals surface area (Å²) in [6, 6.07) is 3.69. The molecule has 0 unspecified atom stereocenters. The van der Waals surface area contributed by atoms with Gasteiger partial charge in [-0.3, -0.25) is 9.59 Å². The van der Waals surface area contributed by atoms with Gasteiger partial charge in [-0.1, -0.05) is 6.07 Å². The van der Waals surface area contributed by atoms with Gasteiger partial charge in [-0.25, -0.2) is 0 Å². The van der Waals surface area contributed by atoms with E-state index < -0.39 is 24.2 Å². The lowest BCUT2D eigenvalue weighted by atomic mass is 10.3. The number of hydrogen-bond acceptors (Lipinski definition) is 3. The van der Waals surface area contributed by atoms with Crippen molar-refractivity contribution in [3.8, 4) is 0 Å². The molecule has 8 heteroatoms. The lowest BCUT2D eigenvalue weighted by Crippen LogP contribution is -2.42. The van der Waals surface area contributed by atoms with Crippen molar-refractivity contribution in [1.82, 2.24) is 9.88 Å². The van der Waals surface area contributed by atoms with E-state index in [9.17, 15) is 22.8 Å². The summed E-state index contributed by atoms with van der Waals surface area (Å²) in [5, 5.41) is 0. The van der Waals surface area contributed by atoms with Gasteiger partial charge in [0, 0.05) is 19.2 Å². The van der Waals surface area contributed by atoms with Crippen LogP contribution < -0.4 is 11.3 Å². The van der Waals surface area contributed by atoms with E-state index in [0.717, 1.165) is 6.07 Å². The highest BCUT2D eigenvalue weighted by atomic mass is 19.4. The summed E-state index contributed by atoms with van der Waals surface area (Å²) in [6.07, 6.45) is -4.51. The molecule has 1 aromatic rings. The molecule has 0 aliphatic heterocycles. The minimum atomic E-state index is -4.51. The second kappa shape index (κ2) is 5.67. The predicted molar refractivity (Wildman–Crippen MR) is 58.1 cm³/mol. The molecule has 0 radical (unpaired) electrons. The van der Waals surface area contributed by atoms with Crippen molar-refractivity contribution in [1.29, 1.82) is 0 Å². The van der Waals surface area contributed by atoms with Crippen LogP contribution in [-0.4, -0.2) is 41.6 Å². The maximum atomic E-state index is 12.3. The van der Waals surface area contributed by atoms with Crippen molar-refractivity contribution in [3.05, 3.63) is 34.2 Å². The fraction of sp³-hybridized carbons (Fsp3) is 0.400. The van der Waals surface area contributed by atoms with Crippen molar-refractivity contribution in [2.75, 3.05) is 19.6 Å². The van der Waals surface area contributed by atoms with Gasteiger partial charge < -0.3 is 15.6 Å². The molecule has 5 nitrogen and oxygen atoms in total. The maximum Gasteiger partial charge on any atom is 0.406 e. The average Bonchev–Trinajstić information content (AvgIpc) is 2.26. The molecule has 0 aromatic carbocycles. The van der Waals surface area contributed by atoms with E-state index >= 15 is 0 Å². The Labute approximate surface area is 100 Å². The summed E-state index contributed by atoms with van der Waals surface area (Å²) >= 11 is 0. The number of carbonyl (C=O) groups excluding carboxylic acids is 1. The maximum absolute atomic E-state index is 12.3. The number of carbonyl (C=O) groups is 1. The van der Waals surface area contributed by atoms with Crippen LogP contribution in [0.4, 0.5) is 13.2 Å². The Morgan fingerprint density at radius 1 is 1.39 bits per heavy atom. The van der Waals surface area contributed by atoms with Crippen LogP contribution in [0.25, 0.3) is 0 Å². The van der Waals surface area contributed by atoms with Gasteiger partial charge in [0.1, 0.15) is 12.2 Å². The zero-order valence-electron chi connectivity index (χ0n) is 9.33. The monoisotopic (exact) mass is 263 g/mol. The average molecular weight is 263 g/mol. The van der Waals surface area contributed by atoms with Crippen LogP contribution in [0.2, 0.25) is 0 Å². The van der Waals surface area contributed by atoms with Crippen LogP contribution in [0, 0.1) is 0 Å². The summed E-state index contributed by atoms with van der Waals surface area (Å²) in [5.74, 6) is -0.907. The lowest BCUT2D eigenvalue weighted by Gasteiger charge is -2.23. The summed E-state index contributed by atoms with van der Waals surface area (Å²) in [4.78, 5) is 25.5. The number of nitrogens with one attached hydrogen (secondary N) is 1. The van der Waals surface area contributed by atoms with Gasteiger partial charge in [-0.15, -0.1) is 0 Å². The van der Waals surface area contributed by atoms with Gasteiger partial charge in [-0.05, 0) is 6.07 Å². The van der Waals surface area contributed by atoms with Crippen LogP contribution in [0.15, 0.2) is 23.0 Å². The fourth-order valence-corrected chi connectivity index (χ4v) is 1.37. The second-order valence-electron chi connectivity index (χ2n) is 3.56. The summed E-state index contributed by atoms with van der Waals surface area (Å²) in [6.45, 7) is -1.74. The highest BCUT2D eigenvalue weighted by Gasteiger charge is 2.33. The Hall–Kier alpha value is -1.83. The normalized spacial score (nSPS) is 11.3. The molecule has 0 saturated carbocycles. The first-order valence-corrected chi connectivity index (χ1v) is 5.09. The molecule has 0 atom stereocenters. The minimum absolute atomic E-state index is 0.0983. The largest absolute Gasteiger partial charge is 0.406 e. The highest BCUT2D eigenvalue weighted by Crippen LogP contribution is 2.17. The van der Waals surface area contributed by atoms with Crippen LogP contribution in [0.5, 0.6) is 0 Å². The van der Waals surface area contributed by atoms with E-state index in [1.165, 1.54) is 12.1 Å². The van der Waals surface area contributed by atoms with Gasteiger partial charge >= 0.3 is 6.18 Å². The number of hydrogen-bond donors (Lipinski definition) is 2. The van der Waals surface area contributed by atoms with E-state index in [1.807, 2.05) is 0 Å². The molecule has 0 bridgehead atoms. The van der Waals surface area contributed by atoms with Crippen LogP contribution in [0.3, 0.4) is 0 Å². The van der Waals surface area contributed by atoms with Gasteiger partial charge in [0.2, 0.25) is 5.56 Å². The standard InChI is InChI=1S/C10H12F3N3O2/c11-10(12,13)6-16(5-4-14)9(18)7-2-1-3-8(17)15-7/h1-3H,4-6,14H2,(H,15,17). The number of H-pyrrole nitrogens is 1. The Morgan fingerprint density at radius 3 is 2.56 bits per heavy atom. The Bertz CT molecular complexity index is 470. The molecule has 0 aliphatic carbocycles. The van der Waals surface area contributed by atoms with E-state index in [1.54, 1.807) is 0 Å². The topological polar surface area (TPSA) is 79.2 Å². The Morgan fingerprint density at radius 2 is 2.06 bits per heavy atom. The molecule has 1 amide bonds. The second-order valence-corrected chi connectivity index (χ2v) is 3.56. The van der Waals surface area contributed by atoms with Crippen LogP contribution in [-0.2, 0) is 0 Å². The molecule has 3 N–H and O–H groups in total. The molecule has 1 aromatic heterocycles. The highest BCUT2D eigenvalue weighted by molar-refractivity contribution is 5.92. The Balaban J connectivity index is 2.92. The van der Waals surface area contributed by atoms with Crippen molar-refractivity contribution in [2.45, 2.75) is 6.18 Å². The molecular weight excluding hydrogens is 251 g/mol. The first kappa shape index (κ1) is 14.2. The number of nitrogens with zero attached hydrogens (tertiary/aromatic N) is 1. The molecule has 0 fully saturated rings. The minimum Gasteiger partial charge on any atom is -0.329 e. The predicted octanol–water partition coefficient (Wildman–Crippen LogP) is 0.338. The number of aromatic nitrogens is 1. The van der Waals surface area contributed by atoms with Crippen LogP contribution >= 0.6 is 0 Å². The van der Waals surface area contributed by atoms with E-state index in [0.29, 0.717) is 4.90 Å². The summed E-state index contributed by atoms with van der Waals surface area (Å²) in [5.41, 5.74) is 4.41. The molecular formula is C10H12F3N3O2. The number of halogens is 3. The first-order valence-electron chi connectivity index (χ1n) is 5.09. The summed E-state index contributed by atoms with van der Waals surface area (Å²) < 4.78 is 36.8. The number of nitrogens with two attached hydrogens (primary N) is 1. The fourth-order valence-electron chi connectivity index (χ4n) is 1.37. The van der Waals surface area contributed by atoms with Gasteiger partial charge in [0.25, 0.3) is 5.91 Å². The van der Waals surface area contributed by atoms with E-state index in [2.05, 4.69) is 4.98 Å². The van der Waals surface area contributed by atoms with Crippen molar-refractivity contribution < 1.29 is 18.0 Å². The van der Waals surface area contributed by atoms with Crippen molar-refractivity contribution in [2.24, 2.45) is 5.73 Å². The molecule has 0 spiro atoms. The number of aromatic amines is 1. The third-order valence-electron chi connectivity index (χ3n) is 2.06. The van der Waals surface area contributed by atoms with Crippen molar-refractivity contribution >= 4 is 5.91 Å². The van der Waals surface area contributed by atoms with Crippen LogP contribution in [0.1, 0.15) is 10.5 Å². The zero-order valence-corrected chi connectivity index (χ0v) is 9.33. The molecule has 18 heavy (non-hydrogen) atoms. The SMILES string of the molecule is NCCN(CC(F)(F)F)C(=O)c1cccc(=O)[nH]1. The third kappa shape index (κ3) is 4.21. The third-order valence-corrected chi connectivity index (χ3v) is 2.06. The number of alkyl halides is 3. The molecule has 0 saturated heterocycles. The summed E-state index contributed by atoms with van der Waals surface area (Å²) in [7, 11) is 0. The Kier molecular flexibility index (Phi) is 4.49. The van der Waals surface area contributed by atoms with Gasteiger partial charge in [0.15, 0.2) is 0 Å².